The predicted octanol–water partition coefficient (Wildman–Crippen LogP) is 1.97. The predicted molar refractivity (Wildman–Crippen MR) is 154 cm³/mol. The van der Waals surface area contributed by atoms with Crippen LogP contribution in [0.4, 0.5) is 0 Å². The molecule has 2 aromatic heterocycles. The zero-order chi connectivity index (χ0) is 28.1. The Hall–Kier alpha value is -2.96. The van der Waals surface area contributed by atoms with Crippen molar-refractivity contribution in [2.45, 2.75) is 46.6 Å². The number of hydrogen-bond acceptors (Lipinski definition) is 5. The zero-order valence-electron chi connectivity index (χ0n) is 24.1. The van der Waals surface area contributed by atoms with E-state index in [9.17, 15) is 14.4 Å². The fraction of sp³-hybridized carbons (Fsp3) is 0.333. The van der Waals surface area contributed by atoms with E-state index < -0.39 is 0 Å². The molecule has 0 aliphatic rings. The van der Waals surface area contributed by atoms with Gasteiger partial charge in [-0.25, -0.2) is 0 Å². The zero-order valence-corrected chi connectivity index (χ0v) is 26.1. The Morgan fingerprint density at radius 2 is 1.33 bits per heavy atom. The maximum absolute atomic E-state index is 11.2. The average Bonchev–Trinajstić information content (AvgIpc) is 3.40. The van der Waals surface area contributed by atoms with Gasteiger partial charge in [-0.15, -0.1) is 0 Å². The van der Waals surface area contributed by atoms with Gasteiger partial charge in [0.25, 0.3) is 0 Å². The Kier molecular flexibility index (Phi) is 18.8. The largest absolute Gasteiger partial charge is 1.00 e. The van der Waals surface area contributed by atoms with Crippen molar-refractivity contribution in [3.8, 4) is 0 Å². The molecule has 2 aromatic carbocycles. The summed E-state index contributed by atoms with van der Waals surface area (Å²) in [5.41, 5.74) is 9.55. The first-order chi connectivity index (χ1) is 17.6. The van der Waals surface area contributed by atoms with Gasteiger partial charge in [-0.3, -0.25) is 14.4 Å². The van der Waals surface area contributed by atoms with Gasteiger partial charge in [0.05, 0.1) is 6.04 Å². The number of para-hydroxylation sites is 2. The number of aryl methyl sites for hydroxylation is 3. The minimum atomic E-state index is -0.287. The molecule has 7 nitrogen and oxygen atoms in total. The van der Waals surface area contributed by atoms with Crippen molar-refractivity contribution in [2.75, 3.05) is 0 Å². The summed E-state index contributed by atoms with van der Waals surface area (Å²) < 4.78 is 4.11. The summed E-state index contributed by atoms with van der Waals surface area (Å²) in [4.78, 5) is 31.9. The van der Waals surface area contributed by atoms with E-state index in [0.717, 1.165) is 35.6 Å². The van der Waals surface area contributed by atoms with E-state index >= 15 is 0 Å². The molecule has 0 aliphatic carbocycles. The first kappa shape index (κ1) is 38.2. The molecule has 0 unspecified atom stereocenters. The Balaban J connectivity index is 0. The van der Waals surface area contributed by atoms with Crippen LogP contribution in [0.3, 0.4) is 0 Å². The molecule has 0 saturated heterocycles. The minimum Gasteiger partial charge on any atom is -0.512 e. The SMILES string of the molecule is CC(=O)[C@H](C)CCc1cn(C)c2ccccc12.CC(=O)[C@H](C)N.Cn1cc(C=O)c2ccccc21.[B].[C-]#N.[Na+]. The van der Waals surface area contributed by atoms with Crippen LogP contribution in [0.2, 0.25) is 0 Å². The fourth-order valence-electron chi connectivity index (χ4n) is 3.67. The second kappa shape index (κ2) is 19.2. The molecule has 4 rings (SSSR count). The third kappa shape index (κ3) is 11.4. The molecule has 0 spiro atoms. The van der Waals surface area contributed by atoms with Gasteiger partial charge in [0.1, 0.15) is 11.6 Å². The molecule has 2 heterocycles. The van der Waals surface area contributed by atoms with E-state index in [1.54, 1.807) is 13.8 Å². The monoisotopic (exact) mass is 535 g/mol. The number of nitrogens with two attached hydrogens (primary N) is 1. The quantitative estimate of drug-likeness (QED) is 0.231. The molecule has 4 aromatic rings. The topological polar surface area (TPSA) is 111 Å². The standard InChI is InChI=1S/C15H19NO.C10H9NO.C4H9NO.CN.B.Na/c1-11(12(2)17)8-9-13-10-16(3)15-7-5-4-6-14(13)15;1-11-6-8(7-12)9-4-2-3-5-10(9)11;1-3(5)4(2)6;1-2;;/h4-7,10-11H,8-9H2,1-3H3;2-7H,1H3;3H,5H2,1-2H3;;;/q;;;-1;;+1/t11-;;3-;;;/m1.0.../s1. The van der Waals surface area contributed by atoms with Crippen LogP contribution in [0, 0.1) is 17.8 Å². The van der Waals surface area contributed by atoms with Crippen LogP contribution in [-0.4, -0.2) is 41.4 Å². The third-order valence-corrected chi connectivity index (χ3v) is 6.22. The van der Waals surface area contributed by atoms with Gasteiger partial charge in [0.2, 0.25) is 0 Å². The van der Waals surface area contributed by atoms with E-state index in [2.05, 4.69) is 42.1 Å². The molecule has 199 valence electrons. The van der Waals surface area contributed by atoms with Crippen LogP contribution in [0.25, 0.3) is 21.8 Å². The Bertz CT molecular complexity index is 1360. The van der Waals surface area contributed by atoms with E-state index in [0.29, 0.717) is 0 Å². The molecule has 9 heteroatoms. The van der Waals surface area contributed by atoms with E-state index in [1.807, 2.05) is 49.0 Å². The molecule has 0 saturated carbocycles. The van der Waals surface area contributed by atoms with E-state index in [-0.39, 0.29) is 61.5 Å². The molecule has 3 radical (unpaired) electrons. The van der Waals surface area contributed by atoms with Crippen LogP contribution < -0.4 is 35.3 Å². The molecule has 0 aliphatic heterocycles. The fourth-order valence-corrected chi connectivity index (χ4v) is 3.67. The summed E-state index contributed by atoms with van der Waals surface area (Å²) in [6.45, 7) is 11.6. The van der Waals surface area contributed by atoms with Gasteiger partial charge in [0.15, 0.2) is 6.29 Å². The molecule has 0 bridgehead atoms. The van der Waals surface area contributed by atoms with Crippen LogP contribution in [0.1, 0.15) is 50.0 Å². The van der Waals surface area contributed by atoms with Gasteiger partial charge in [-0.2, -0.15) is 0 Å². The van der Waals surface area contributed by atoms with Crippen LogP contribution >= 0.6 is 0 Å². The first-order valence-electron chi connectivity index (χ1n) is 12.1. The van der Waals surface area contributed by atoms with Crippen molar-refractivity contribution in [3.05, 3.63) is 78.6 Å². The van der Waals surface area contributed by atoms with Crippen LogP contribution in [0.5, 0.6) is 0 Å². The van der Waals surface area contributed by atoms with Crippen LogP contribution in [-0.2, 0) is 30.1 Å². The maximum atomic E-state index is 11.2. The number of ketones is 2. The normalized spacial score (nSPS) is 11.0. The van der Waals surface area contributed by atoms with Crippen molar-refractivity contribution >= 4 is 48.1 Å². The number of nitrogens with zero attached hydrogens (tertiary/aromatic N) is 3. The van der Waals surface area contributed by atoms with Gasteiger partial charge >= 0.3 is 29.6 Å². The maximum Gasteiger partial charge on any atom is 1.00 e. The van der Waals surface area contributed by atoms with Crippen molar-refractivity contribution in [1.82, 2.24) is 9.13 Å². The number of fused-ring (bicyclic) bond motifs is 2. The Morgan fingerprint density at radius 1 is 0.897 bits per heavy atom. The summed E-state index contributed by atoms with van der Waals surface area (Å²) in [5, 5.41) is 8.58. The second-order valence-corrected chi connectivity index (χ2v) is 9.06. The number of rotatable bonds is 6. The number of Topliss-reactive ketones (excluding diaryl/α,β-unsaturated/α-hetero) is 2. The van der Waals surface area contributed by atoms with Gasteiger partial charge in [0, 0.05) is 68.2 Å². The number of hydrogen-bond donors (Lipinski definition) is 1. The van der Waals surface area contributed by atoms with Gasteiger partial charge in [-0.1, -0.05) is 43.3 Å². The summed E-state index contributed by atoms with van der Waals surface area (Å²) >= 11 is 0. The molecule has 0 amide bonds. The second-order valence-electron chi connectivity index (χ2n) is 9.06. The number of aldehydes is 1. The van der Waals surface area contributed by atoms with E-state index in [1.165, 1.54) is 23.4 Å². The molecule has 39 heavy (non-hydrogen) atoms. The van der Waals surface area contributed by atoms with E-state index in [4.69, 9.17) is 17.6 Å². The Morgan fingerprint density at radius 3 is 1.79 bits per heavy atom. The number of aromatic nitrogens is 2. The number of carbonyl (C=O) groups excluding carboxylic acids is 3. The van der Waals surface area contributed by atoms with Crippen molar-refractivity contribution in [3.63, 3.8) is 0 Å². The molecule has 2 atom stereocenters. The van der Waals surface area contributed by atoms with Crippen molar-refractivity contribution in [2.24, 2.45) is 25.7 Å². The third-order valence-electron chi connectivity index (χ3n) is 6.22. The average molecular weight is 535 g/mol. The molecule has 0 fully saturated rings. The number of benzene rings is 2. The summed E-state index contributed by atoms with van der Waals surface area (Å²) in [6, 6.07) is 16.0. The van der Waals surface area contributed by atoms with Gasteiger partial charge in [-0.05, 0) is 51.3 Å². The number of carbonyl (C=O) groups is 3. The summed E-state index contributed by atoms with van der Waals surface area (Å²) in [6.07, 6.45) is 6.82. The summed E-state index contributed by atoms with van der Waals surface area (Å²) in [5.74, 6) is 0.481. The van der Waals surface area contributed by atoms with Crippen molar-refractivity contribution < 1.29 is 43.9 Å². The summed E-state index contributed by atoms with van der Waals surface area (Å²) in [7, 11) is 4.01. The van der Waals surface area contributed by atoms with Crippen LogP contribution in [0.15, 0.2) is 60.9 Å². The molecular weight excluding hydrogens is 498 g/mol. The Labute approximate surface area is 256 Å². The van der Waals surface area contributed by atoms with Gasteiger partial charge < -0.3 is 26.7 Å². The molecule has 2 N–H and O–H groups in total. The van der Waals surface area contributed by atoms with Crippen molar-refractivity contribution in [1.29, 1.82) is 5.26 Å². The smallest absolute Gasteiger partial charge is 0.512 e. The minimum absolute atomic E-state index is 0. The first-order valence-corrected chi connectivity index (χ1v) is 12.1. The molecular formula is C30H37BN4NaO3.